The molecule has 0 aliphatic heterocycles. The van der Waals surface area contributed by atoms with Gasteiger partial charge in [-0.25, -0.2) is 0 Å². The molecule has 0 aromatic carbocycles. The van der Waals surface area contributed by atoms with Crippen LogP contribution in [0.2, 0.25) is 26.2 Å². The molecule has 0 aromatic heterocycles. The number of rotatable bonds is 6. The first kappa shape index (κ1) is 19.1. The van der Waals surface area contributed by atoms with Gasteiger partial charge in [0.05, 0.1) is 0 Å². The van der Waals surface area contributed by atoms with E-state index in [9.17, 15) is 0 Å². The van der Waals surface area contributed by atoms with E-state index in [-0.39, 0.29) is 0 Å². The van der Waals surface area contributed by atoms with E-state index in [1.54, 1.807) is 0 Å². The van der Waals surface area contributed by atoms with Gasteiger partial charge in [-0.1, -0.05) is 40.0 Å². The van der Waals surface area contributed by atoms with Crippen LogP contribution in [0, 0.1) is 0 Å². The van der Waals surface area contributed by atoms with Crippen LogP contribution in [-0.2, 0) is 0 Å². The zero-order valence-corrected chi connectivity index (χ0v) is 15.8. The van der Waals surface area contributed by atoms with E-state index in [2.05, 4.69) is 57.1 Å². The molecule has 0 amide bonds. The maximum atomic E-state index is 2.75. The molecular formula is C12H33NSSi2. The molecule has 0 aliphatic rings. The maximum Gasteiger partial charge on any atom is 0.0457 e. The fraction of sp³-hybridized carbons (Fsp3) is 1.00. The van der Waals surface area contributed by atoms with E-state index in [0.717, 1.165) is 9.75 Å². The highest BCUT2D eigenvalue weighted by atomic mass is 32.2. The number of hydrogen-bond donors (Lipinski definition) is 1. The molecule has 0 rings (SSSR count). The van der Waals surface area contributed by atoms with Gasteiger partial charge >= 0.3 is 0 Å². The van der Waals surface area contributed by atoms with Crippen LogP contribution in [0.15, 0.2) is 0 Å². The molecule has 1 N–H and O–H groups in total. The van der Waals surface area contributed by atoms with E-state index in [0.29, 0.717) is 0 Å². The second-order valence-corrected chi connectivity index (χ2v) is 14.1. The summed E-state index contributed by atoms with van der Waals surface area (Å²) in [6.45, 7) is 14.7. The molecule has 0 heterocycles. The average Bonchev–Trinajstić information content (AvgIpc) is 2.19. The highest BCUT2D eigenvalue weighted by molar-refractivity contribution is 8.03. The van der Waals surface area contributed by atoms with E-state index >= 15 is 0 Å². The van der Waals surface area contributed by atoms with Gasteiger partial charge in [0.15, 0.2) is 0 Å². The highest BCUT2D eigenvalue weighted by Gasteiger charge is 2.20. The lowest BCUT2D eigenvalue weighted by Crippen LogP contribution is -2.29. The smallest absolute Gasteiger partial charge is 0.0457 e. The molecule has 0 saturated heterocycles. The minimum atomic E-state index is -0.412. The molecular weight excluding hydrogens is 246 g/mol. The van der Waals surface area contributed by atoms with Gasteiger partial charge in [0, 0.05) is 17.6 Å². The lowest BCUT2D eigenvalue weighted by molar-refractivity contribution is 0.986. The predicted octanol–water partition coefficient (Wildman–Crippen LogP) is 3.16. The van der Waals surface area contributed by atoms with Crippen LogP contribution in [0.5, 0.6) is 0 Å². The van der Waals surface area contributed by atoms with Crippen LogP contribution in [0.3, 0.4) is 0 Å². The van der Waals surface area contributed by atoms with Gasteiger partial charge < -0.3 is 5.32 Å². The van der Waals surface area contributed by atoms with Crippen molar-refractivity contribution in [3.8, 4) is 0 Å². The van der Waals surface area contributed by atoms with Crippen LogP contribution in [-0.4, -0.2) is 41.4 Å². The highest BCUT2D eigenvalue weighted by Crippen LogP contribution is 2.26. The Morgan fingerprint density at radius 3 is 1.25 bits per heavy atom. The monoisotopic (exact) mass is 279 g/mol. The number of thioether (sulfide) groups is 1. The molecule has 0 aromatic rings. The van der Waals surface area contributed by atoms with E-state index in [1.165, 1.54) is 12.8 Å². The Balaban J connectivity index is 0. The fourth-order valence-electron chi connectivity index (χ4n) is 1.67. The van der Waals surface area contributed by atoms with Crippen LogP contribution >= 0.6 is 11.8 Å². The first-order valence-corrected chi connectivity index (χ1v) is 13.6. The Kier molecular flexibility index (Phi) is 14.6. The largest absolute Gasteiger partial charge is 0.323 e. The molecule has 1 nitrogen and oxygen atoms in total. The maximum absolute atomic E-state index is 2.75. The zero-order chi connectivity index (χ0) is 13.1. The Bertz CT molecular complexity index is 129. The SMILES string of the molecule is CCC(SC(CC)[SiH](C)C)[SiH](C)C.CNC. The van der Waals surface area contributed by atoms with Crippen molar-refractivity contribution in [3.05, 3.63) is 0 Å². The van der Waals surface area contributed by atoms with E-state index in [1.807, 2.05) is 14.1 Å². The summed E-state index contributed by atoms with van der Waals surface area (Å²) >= 11 is 2.33. The topological polar surface area (TPSA) is 12.0 Å². The minimum absolute atomic E-state index is 0.412. The third-order valence-corrected chi connectivity index (χ3v) is 12.1. The second-order valence-electron chi connectivity index (χ2n) is 5.02. The fourth-order valence-corrected chi connectivity index (χ4v) is 8.66. The summed E-state index contributed by atoms with van der Waals surface area (Å²) < 4.78 is 0. The van der Waals surface area contributed by atoms with E-state index in [4.69, 9.17) is 0 Å². The molecule has 0 fully saturated rings. The molecule has 100 valence electrons. The summed E-state index contributed by atoms with van der Waals surface area (Å²) in [4.78, 5) is 2.06. The summed E-state index contributed by atoms with van der Waals surface area (Å²) in [6, 6.07) is 0. The average molecular weight is 280 g/mol. The first-order valence-electron chi connectivity index (χ1n) is 6.68. The van der Waals surface area contributed by atoms with Crippen molar-refractivity contribution in [3.63, 3.8) is 0 Å². The van der Waals surface area contributed by atoms with Gasteiger partial charge in [0.25, 0.3) is 0 Å². The summed E-state index contributed by atoms with van der Waals surface area (Å²) in [5.74, 6) is 0. The standard InChI is InChI=1S/C10H26SSi2.C2H7N/c1-7-9(12(3)4)11-10(8-2)13(5)6;1-3-2/h9-10,12-13H,7-8H2,1-6H3;3H,1-2H3. The van der Waals surface area contributed by atoms with Crippen molar-refractivity contribution < 1.29 is 0 Å². The van der Waals surface area contributed by atoms with Gasteiger partial charge in [0.1, 0.15) is 0 Å². The third kappa shape index (κ3) is 9.93. The molecule has 4 heteroatoms. The molecule has 0 aliphatic carbocycles. The van der Waals surface area contributed by atoms with Crippen LogP contribution in [0.4, 0.5) is 0 Å². The Morgan fingerprint density at radius 2 is 1.12 bits per heavy atom. The van der Waals surface area contributed by atoms with Crippen molar-refractivity contribution >= 4 is 29.4 Å². The van der Waals surface area contributed by atoms with Gasteiger partial charge in [0.2, 0.25) is 0 Å². The molecule has 0 bridgehead atoms. The quantitative estimate of drug-likeness (QED) is 0.750. The van der Waals surface area contributed by atoms with Gasteiger partial charge in [-0.05, 0) is 36.7 Å². The summed E-state index contributed by atoms with van der Waals surface area (Å²) in [7, 11) is 2.93. The van der Waals surface area contributed by atoms with Gasteiger partial charge in [-0.15, -0.1) is 0 Å². The van der Waals surface area contributed by atoms with Crippen molar-refractivity contribution in [2.75, 3.05) is 14.1 Å². The summed E-state index contributed by atoms with van der Waals surface area (Å²) in [5.41, 5.74) is 0. The van der Waals surface area contributed by atoms with Crippen molar-refractivity contribution in [2.45, 2.75) is 62.6 Å². The molecule has 16 heavy (non-hydrogen) atoms. The lowest BCUT2D eigenvalue weighted by Gasteiger charge is -2.25. The Morgan fingerprint density at radius 1 is 0.875 bits per heavy atom. The molecule has 0 radical (unpaired) electrons. The van der Waals surface area contributed by atoms with Crippen molar-refractivity contribution in [1.29, 1.82) is 0 Å². The van der Waals surface area contributed by atoms with Gasteiger partial charge in [-0.3, -0.25) is 0 Å². The zero-order valence-electron chi connectivity index (χ0n) is 12.6. The summed E-state index contributed by atoms with van der Waals surface area (Å²) in [5, 5.41) is 2.75. The predicted molar refractivity (Wildman–Crippen MR) is 88.5 cm³/mol. The molecule has 2 unspecified atom stereocenters. The summed E-state index contributed by atoms with van der Waals surface area (Å²) in [6.07, 6.45) is 2.79. The van der Waals surface area contributed by atoms with Crippen LogP contribution in [0.25, 0.3) is 0 Å². The number of hydrogen-bond acceptors (Lipinski definition) is 2. The molecule has 2 atom stereocenters. The van der Waals surface area contributed by atoms with Crippen LogP contribution in [0.1, 0.15) is 26.7 Å². The van der Waals surface area contributed by atoms with Crippen molar-refractivity contribution in [1.82, 2.24) is 5.32 Å². The minimum Gasteiger partial charge on any atom is -0.323 e. The molecule has 0 spiro atoms. The normalized spacial score (nSPS) is 14.6. The second kappa shape index (κ2) is 12.2. The lowest BCUT2D eigenvalue weighted by atomic mass is 10.6. The van der Waals surface area contributed by atoms with E-state index < -0.39 is 17.6 Å². The van der Waals surface area contributed by atoms with Crippen molar-refractivity contribution in [2.24, 2.45) is 0 Å². The Labute approximate surface area is 111 Å². The Hall–Kier alpha value is 0.744. The van der Waals surface area contributed by atoms with Gasteiger partial charge in [-0.2, -0.15) is 11.8 Å². The number of nitrogens with one attached hydrogen (secondary N) is 1. The third-order valence-electron chi connectivity index (χ3n) is 2.64. The van der Waals surface area contributed by atoms with Crippen LogP contribution < -0.4 is 5.32 Å². The first-order chi connectivity index (χ1) is 7.44. The molecule has 0 saturated carbocycles.